The van der Waals surface area contributed by atoms with E-state index in [9.17, 15) is 13.2 Å². The minimum atomic E-state index is -4.08. The third-order valence-electron chi connectivity index (χ3n) is 1.36. The van der Waals surface area contributed by atoms with E-state index in [0.717, 1.165) is 5.69 Å². The van der Waals surface area contributed by atoms with Crippen LogP contribution in [0.3, 0.4) is 0 Å². The van der Waals surface area contributed by atoms with Crippen molar-refractivity contribution in [3.05, 3.63) is 16.1 Å². The summed E-state index contributed by atoms with van der Waals surface area (Å²) >= 11 is 4.46. The van der Waals surface area contributed by atoms with Crippen molar-refractivity contribution in [2.45, 2.75) is 24.3 Å². The van der Waals surface area contributed by atoms with Gasteiger partial charge in [0, 0.05) is 23.6 Å². The Morgan fingerprint density at radius 2 is 2.15 bits per heavy atom. The molecule has 6 heteroatoms. The van der Waals surface area contributed by atoms with Crippen molar-refractivity contribution in [1.29, 1.82) is 0 Å². The molecule has 1 nitrogen and oxygen atoms in total. The normalized spacial score (nSPS) is 12.0. The zero-order chi connectivity index (χ0) is 9.90. The topological polar surface area (TPSA) is 12.9 Å². The quantitative estimate of drug-likeness (QED) is 0.768. The summed E-state index contributed by atoms with van der Waals surface area (Å²) in [6.07, 6.45) is -4.89. The fourth-order valence-corrected chi connectivity index (χ4v) is 2.07. The van der Waals surface area contributed by atoms with Crippen molar-refractivity contribution < 1.29 is 13.2 Å². The molecule has 0 aromatic carbocycles. The molecule has 0 aliphatic rings. The molecule has 0 atom stereocenters. The van der Waals surface area contributed by atoms with Crippen molar-refractivity contribution >= 4 is 27.3 Å². The molecule has 0 N–H and O–H groups in total. The second-order valence-corrected chi connectivity index (χ2v) is 3.98. The van der Waals surface area contributed by atoms with Crippen molar-refractivity contribution in [2.24, 2.45) is 0 Å². The summed E-state index contributed by atoms with van der Waals surface area (Å²) in [6, 6.07) is 0. The van der Waals surface area contributed by atoms with Crippen LogP contribution in [0.15, 0.2) is 5.38 Å². The van der Waals surface area contributed by atoms with Gasteiger partial charge in [0.15, 0.2) is 0 Å². The van der Waals surface area contributed by atoms with Gasteiger partial charge in [-0.25, -0.2) is 4.98 Å². The second kappa shape index (κ2) is 4.41. The van der Waals surface area contributed by atoms with Crippen LogP contribution >= 0.6 is 27.3 Å². The average molecular weight is 274 g/mol. The molecule has 1 rings (SSSR count). The van der Waals surface area contributed by atoms with E-state index in [1.807, 2.05) is 0 Å². The molecule has 0 spiro atoms. The highest BCUT2D eigenvalue weighted by molar-refractivity contribution is 9.08. The smallest absolute Gasteiger partial charge is 0.245 e. The van der Waals surface area contributed by atoms with Crippen LogP contribution in [0.4, 0.5) is 13.2 Å². The van der Waals surface area contributed by atoms with E-state index in [0.29, 0.717) is 10.3 Å². The highest BCUT2D eigenvalue weighted by Crippen LogP contribution is 2.23. The minimum Gasteiger partial charge on any atom is -0.245 e. The maximum atomic E-state index is 11.8. The van der Waals surface area contributed by atoms with Crippen molar-refractivity contribution in [3.63, 3.8) is 0 Å². The van der Waals surface area contributed by atoms with Crippen LogP contribution in [0.5, 0.6) is 0 Å². The lowest BCUT2D eigenvalue weighted by Crippen LogP contribution is -2.08. The lowest BCUT2D eigenvalue weighted by Gasteiger charge is -2.02. The van der Waals surface area contributed by atoms with E-state index in [1.165, 1.54) is 11.3 Å². The van der Waals surface area contributed by atoms with E-state index >= 15 is 0 Å². The molecule has 1 aromatic rings. The third-order valence-corrected chi connectivity index (χ3v) is 2.89. The third kappa shape index (κ3) is 4.08. The Morgan fingerprint density at radius 3 is 2.62 bits per heavy atom. The monoisotopic (exact) mass is 273 g/mol. The number of nitrogens with zero attached hydrogens (tertiary/aromatic N) is 1. The minimum absolute atomic E-state index is 0.0127. The molecule has 13 heavy (non-hydrogen) atoms. The maximum absolute atomic E-state index is 11.8. The van der Waals surface area contributed by atoms with Gasteiger partial charge < -0.3 is 0 Å². The molecule has 0 bridgehead atoms. The first-order valence-electron chi connectivity index (χ1n) is 3.57. The molecule has 0 saturated heterocycles. The number of halogens is 4. The lowest BCUT2D eigenvalue weighted by atomic mass is 10.3. The molecule has 0 amide bonds. The largest absolute Gasteiger partial charge is 0.389 e. The molecule has 0 unspecified atom stereocenters. The number of aryl methyl sites for hydroxylation is 1. The first kappa shape index (κ1) is 11.0. The first-order valence-corrected chi connectivity index (χ1v) is 5.57. The molecule has 0 fully saturated rings. The second-order valence-electron chi connectivity index (χ2n) is 2.48. The van der Waals surface area contributed by atoms with Gasteiger partial charge in [0.2, 0.25) is 0 Å². The molecular formula is C7H7BrF3NS. The van der Waals surface area contributed by atoms with Gasteiger partial charge in [-0.15, -0.1) is 11.3 Å². The Balaban J connectivity index is 2.46. The van der Waals surface area contributed by atoms with Crippen LogP contribution in [-0.4, -0.2) is 11.2 Å². The van der Waals surface area contributed by atoms with Gasteiger partial charge >= 0.3 is 6.18 Å². The number of thiazole rings is 1. The zero-order valence-corrected chi connectivity index (χ0v) is 8.97. The van der Waals surface area contributed by atoms with Gasteiger partial charge in [0.1, 0.15) is 0 Å². The molecule has 1 aromatic heterocycles. The van der Waals surface area contributed by atoms with E-state index in [-0.39, 0.29) is 6.42 Å². The molecular weight excluding hydrogens is 267 g/mol. The Kier molecular flexibility index (Phi) is 3.73. The summed E-state index contributed by atoms with van der Waals surface area (Å²) in [5.74, 6) is 0. The standard InChI is InChI=1S/C7H7BrF3NS/c8-3-5-4-13-6(12-5)1-2-7(9,10)11/h4H,1-3H2. The highest BCUT2D eigenvalue weighted by Gasteiger charge is 2.26. The van der Waals surface area contributed by atoms with Gasteiger partial charge in [0.05, 0.1) is 10.7 Å². The van der Waals surface area contributed by atoms with Gasteiger partial charge in [0.25, 0.3) is 0 Å². The van der Waals surface area contributed by atoms with E-state index in [1.54, 1.807) is 5.38 Å². The fraction of sp³-hybridized carbons (Fsp3) is 0.571. The summed E-state index contributed by atoms with van der Waals surface area (Å²) in [6.45, 7) is 0. The van der Waals surface area contributed by atoms with Crippen molar-refractivity contribution in [3.8, 4) is 0 Å². The number of rotatable bonds is 3. The molecule has 0 radical (unpaired) electrons. The van der Waals surface area contributed by atoms with Crippen LogP contribution in [0.25, 0.3) is 0 Å². The summed E-state index contributed by atoms with van der Waals surface area (Å²) in [5, 5.41) is 2.91. The van der Waals surface area contributed by atoms with Crippen LogP contribution in [0, 0.1) is 0 Å². The Bertz CT molecular complexity index is 271. The summed E-state index contributed by atoms with van der Waals surface area (Å²) in [4.78, 5) is 4.00. The molecule has 0 saturated carbocycles. The SMILES string of the molecule is FC(F)(F)CCc1nc(CBr)cs1. The van der Waals surface area contributed by atoms with Crippen molar-refractivity contribution in [1.82, 2.24) is 4.98 Å². The predicted molar refractivity (Wildman–Crippen MR) is 49.1 cm³/mol. The zero-order valence-electron chi connectivity index (χ0n) is 6.57. The van der Waals surface area contributed by atoms with Crippen molar-refractivity contribution in [2.75, 3.05) is 0 Å². The van der Waals surface area contributed by atoms with Gasteiger partial charge in [-0.3, -0.25) is 0 Å². The Hall–Kier alpha value is -0.100. The van der Waals surface area contributed by atoms with Gasteiger partial charge in [-0.2, -0.15) is 13.2 Å². The van der Waals surface area contributed by atoms with Gasteiger partial charge in [-0.05, 0) is 0 Å². The molecule has 0 aliphatic heterocycles. The maximum Gasteiger partial charge on any atom is 0.389 e. The number of hydrogen-bond acceptors (Lipinski definition) is 2. The lowest BCUT2D eigenvalue weighted by molar-refractivity contribution is -0.134. The van der Waals surface area contributed by atoms with Crippen LogP contribution in [0.1, 0.15) is 17.1 Å². The molecule has 1 heterocycles. The highest BCUT2D eigenvalue weighted by atomic mass is 79.9. The van der Waals surface area contributed by atoms with Gasteiger partial charge in [-0.1, -0.05) is 15.9 Å². The van der Waals surface area contributed by atoms with E-state index in [2.05, 4.69) is 20.9 Å². The van der Waals surface area contributed by atoms with E-state index in [4.69, 9.17) is 0 Å². The van der Waals surface area contributed by atoms with Crippen LogP contribution in [-0.2, 0) is 11.8 Å². The van der Waals surface area contributed by atoms with E-state index < -0.39 is 12.6 Å². The number of alkyl halides is 4. The predicted octanol–water partition coefficient (Wildman–Crippen LogP) is 3.53. The fourth-order valence-electron chi connectivity index (χ4n) is 0.774. The number of hydrogen-bond donors (Lipinski definition) is 0. The first-order chi connectivity index (χ1) is 6.01. The molecule has 0 aliphatic carbocycles. The van der Waals surface area contributed by atoms with Crippen LogP contribution < -0.4 is 0 Å². The number of aromatic nitrogens is 1. The molecule has 74 valence electrons. The average Bonchev–Trinajstić information content (AvgIpc) is 2.47. The summed E-state index contributed by atoms with van der Waals surface area (Å²) < 4.78 is 35.4. The Labute approximate surface area is 86.1 Å². The van der Waals surface area contributed by atoms with Crippen LogP contribution in [0.2, 0.25) is 0 Å². The Morgan fingerprint density at radius 1 is 1.46 bits per heavy atom. The summed E-state index contributed by atoms with van der Waals surface area (Å²) in [5.41, 5.74) is 0.794. The summed E-state index contributed by atoms with van der Waals surface area (Å²) in [7, 11) is 0.